The summed E-state index contributed by atoms with van der Waals surface area (Å²) in [5, 5.41) is 0. The van der Waals surface area contributed by atoms with Crippen LogP contribution in [-0.4, -0.2) is 21.0 Å². The molecule has 68 valence electrons. The third-order valence-corrected chi connectivity index (χ3v) is 1.68. The van der Waals surface area contributed by atoms with Crippen LogP contribution in [-0.2, 0) is 0 Å². The SMILES string of the molecule is FC(CC(F)(F)F)[Si](F)(F)F. The predicted molar refractivity (Wildman–Crippen MR) is 24.6 cm³/mol. The molecule has 0 amide bonds. The van der Waals surface area contributed by atoms with Crippen LogP contribution in [0, 0.1) is 0 Å². The van der Waals surface area contributed by atoms with E-state index in [-0.39, 0.29) is 0 Å². The lowest BCUT2D eigenvalue weighted by Gasteiger charge is -2.10. The number of rotatable bonds is 2. The Balaban J connectivity index is 3.99. The van der Waals surface area contributed by atoms with Gasteiger partial charge in [-0.15, -0.1) is 0 Å². The summed E-state index contributed by atoms with van der Waals surface area (Å²) < 4.78 is 78.7. The first-order valence-electron chi connectivity index (χ1n) is 2.40. The first kappa shape index (κ1) is 10.7. The number of halogens is 7. The molecule has 11 heavy (non-hydrogen) atoms. The highest BCUT2D eigenvalue weighted by molar-refractivity contribution is 6.59. The van der Waals surface area contributed by atoms with Crippen molar-refractivity contribution >= 4 is 9.08 Å². The molecular weight excluding hydrogens is 197 g/mol. The zero-order chi connectivity index (χ0) is 9.28. The molecular formula is C3H3F7Si. The average Bonchev–Trinajstić information content (AvgIpc) is 1.56. The molecule has 0 radical (unpaired) electrons. The van der Waals surface area contributed by atoms with Gasteiger partial charge < -0.3 is 0 Å². The van der Waals surface area contributed by atoms with Crippen molar-refractivity contribution in [2.75, 3.05) is 0 Å². The third kappa shape index (κ3) is 5.05. The summed E-state index contributed by atoms with van der Waals surface area (Å²) in [4.78, 5) is 0. The molecule has 0 bridgehead atoms. The zero-order valence-corrected chi connectivity index (χ0v) is 5.93. The Morgan fingerprint density at radius 3 is 1.55 bits per heavy atom. The molecule has 0 spiro atoms. The van der Waals surface area contributed by atoms with Crippen LogP contribution >= 0.6 is 0 Å². The van der Waals surface area contributed by atoms with Crippen LogP contribution in [0.2, 0.25) is 0 Å². The molecule has 0 rings (SSSR count). The topological polar surface area (TPSA) is 0 Å². The fourth-order valence-electron chi connectivity index (χ4n) is 0.319. The van der Waals surface area contributed by atoms with Gasteiger partial charge in [-0.3, -0.25) is 0 Å². The third-order valence-electron chi connectivity index (χ3n) is 0.766. The van der Waals surface area contributed by atoms with Gasteiger partial charge in [-0.05, 0) is 0 Å². The molecule has 0 nitrogen and oxygen atoms in total. The van der Waals surface area contributed by atoms with Crippen molar-refractivity contribution < 1.29 is 29.9 Å². The normalized spacial score (nSPS) is 16.6. The van der Waals surface area contributed by atoms with Crippen LogP contribution < -0.4 is 0 Å². The molecule has 0 aliphatic rings. The predicted octanol–water partition coefficient (Wildman–Crippen LogP) is 2.66. The van der Waals surface area contributed by atoms with Crippen LogP contribution in [0.1, 0.15) is 6.42 Å². The van der Waals surface area contributed by atoms with E-state index >= 15 is 0 Å². The second-order valence-electron chi connectivity index (χ2n) is 1.83. The van der Waals surface area contributed by atoms with E-state index in [0.717, 1.165) is 0 Å². The minimum Gasteiger partial charge on any atom is -0.242 e. The van der Waals surface area contributed by atoms with Gasteiger partial charge in [0.2, 0.25) is 0 Å². The molecule has 8 heteroatoms. The van der Waals surface area contributed by atoms with Gasteiger partial charge in [-0.1, -0.05) is 0 Å². The molecule has 0 saturated carbocycles. The highest BCUT2D eigenvalue weighted by Crippen LogP contribution is 2.29. The largest absolute Gasteiger partial charge is 0.652 e. The Morgan fingerprint density at radius 1 is 1.09 bits per heavy atom. The Bertz CT molecular complexity index is 123. The van der Waals surface area contributed by atoms with Crippen LogP contribution in [0.3, 0.4) is 0 Å². The summed E-state index contributed by atoms with van der Waals surface area (Å²) in [6.45, 7) is 0. The van der Waals surface area contributed by atoms with Crippen LogP contribution in [0.4, 0.5) is 29.9 Å². The van der Waals surface area contributed by atoms with Gasteiger partial charge in [0, 0.05) is 0 Å². The summed E-state index contributed by atoms with van der Waals surface area (Å²) in [5.74, 6) is -3.68. The monoisotopic (exact) mass is 200 g/mol. The maximum absolute atomic E-state index is 11.6. The van der Waals surface area contributed by atoms with E-state index in [1.807, 2.05) is 0 Å². The summed E-state index contributed by atoms with van der Waals surface area (Å²) in [6.07, 6.45) is -7.50. The zero-order valence-electron chi connectivity index (χ0n) is 4.93. The van der Waals surface area contributed by atoms with E-state index in [1.165, 1.54) is 0 Å². The molecule has 0 aromatic rings. The summed E-state index contributed by atoms with van der Waals surface area (Å²) in [7, 11) is -6.76. The molecule has 1 atom stereocenters. The van der Waals surface area contributed by atoms with Crippen LogP contribution in [0.15, 0.2) is 0 Å². The maximum Gasteiger partial charge on any atom is 0.652 e. The fourth-order valence-corrected chi connectivity index (χ4v) is 0.782. The van der Waals surface area contributed by atoms with Crippen molar-refractivity contribution in [3.05, 3.63) is 0 Å². The van der Waals surface area contributed by atoms with Gasteiger partial charge in [0.1, 0.15) is 0 Å². The molecule has 0 heterocycles. The minimum atomic E-state index is -6.76. The molecule has 0 aromatic heterocycles. The molecule has 1 unspecified atom stereocenters. The van der Waals surface area contributed by atoms with Crippen LogP contribution in [0.25, 0.3) is 0 Å². The Labute approximate surface area is 58.5 Å². The fraction of sp³-hybridized carbons (Fsp3) is 1.00. The van der Waals surface area contributed by atoms with Crippen molar-refractivity contribution in [1.29, 1.82) is 0 Å². The van der Waals surface area contributed by atoms with E-state index in [2.05, 4.69) is 0 Å². The van der Waals surface area contributed by atoms with Gasteiger partial charge in [-0.25, -0.2) is 16.7 Å². The van der Waals surface area contributed by atoms with Gasteiger partial charge in [-0.2, -0.15) is 13.2 Å². The van der Waals surface area contributed by atoms with Crippen molar-refractivity contribution in [3.63, 3.8) is 0 Å². The Kier molecular flexibility index (Phi) is 2.92. The van der Waals surface area contributed by atoms with E-state index in [1.54, 1.807) is 0 Å². The first-order valence-corrected chi connectivity index (χ1v) is 4.11. The number of hydrogen-bond donors (Lipinski definition) is 0. The molecule has 0 N–H and O–H groups in total. The van der Waals surface area contributed by atoms with Crippen molar-refractivity contribution in [3.8, 4) is 0 Å². The molecule has 0 aliphatic carbocycles. The number of alkyl halides is 4. The highest BCUT2D eigenvalue weighted by atomic mass is 28.5. The van der Waals surface area contributed by atoms with Gasteiger partial charge in [0.25, 0.3) is 0 Å². The van der Waals surface area contributed by atoms with Crippen LogP contribution in [0.5, 0.6) is 0 Å². The number of hydrogen-bond acceptors (Lipinski definition) is 0. The lowest BCUT2D eigenvalue weighted by atomic mass is 10.5. The molecule has 0 aliphatic heterocycles. The summed E-state index contributed by atoms with van der Waals surface area (Å²) in [5.41, 5.74) is 0. The minimum absolute atomic E-state index is 2.41. The van der Waals surface area contributed by atoms with E-state index in [0.29, 0.717) is 0 Å². The van der Waals surface area contributed by atoms with E-state index in [4.69, 9.17) is 0 Å². The Hall–Kier alpha value is -0.273. The first-order chi connectivity index (χ1) is 4.63. The van der Waals surface area contributed by atoms with Gasteiger partial charge >= 0.3 is 15.3 Å². The molecule has 0 aromatic carbocycles. The standard InChI is InChI=1S/C3H3F7Si/c4-2(11(8,9)10)1-3(5,6)7/h2H,1H2. The highest BCUT2D eigenvalue weighted by Gasteiger charge is 2.53. The lowest BCUT2D eigenvalue weighted by Crippen LogP contribution is -2.35. The van der Waals surface area contributed by atoms with Gasteiger partial charge in [0.05, 0.1) is 6.42 Å². The van der Waals surface area contributed by atoms with Gasteiger partial charge in [0.15, 0.2) is 5.79 Å². The Morgan fingerprint density at radius 2 is 1.45 bits per heavy atom. The van der Waals surface area contributed by atoms with E-state index in [9.17, 15) is 29.9 Å². The van der Waals surface area contributed by atoms with Crippen molar-refractivity contribution in [2.24, 2.45) is 0 Å². The smallest absolute Gasteiger partial charge is 0.242 e. The quantitative estimate of drug-likeness (QED) is 0.365. The molecule has 0 saturated heterocycles. The maximum atomic E-state index is 11.6. The second kappa shape index (κ2) is 3.00. The summed E-state index contributed by atoms with van der Waals surface area (Å²) >= 11 is 0. The van der Waals surface area contributed by atoms with E-state index < -0.39 is 27.5 Å². The second-order valence-corrected chi connectivity index (χ2v) is 3.54. The summed E-state index contributed by atoms with van der Waals surface area (Å²) in [6, 6.07) is 0. The van der Waals surface area contributed by atoms with Crippen molar-refractivity contribution in [2.45, 2.75) is 18.4 Å². The average molecular weight is 200 g/mol. The molecule has 0 fully saturated rings. The van der Waals surface area contributed by atoms with Crippen molar-refractivity contribution in [1.82, 2.24) is 0 Å². The lowest BCUT2D eigenvalue weighted by molar-refractivity contribution is -0.142.